The molecule has 15 nitrogen and oxygen atoms in total. The van der Waals surface area contributed by atoms with Crippen molar-refractivity contribution in [1.29, 1.82) is 0 Å². The van der Waals surface area contributed by atoms with Crippen molar-refractivity contribution in [2.75, 3.05) is 7.11 Å². The lowest BCUT2D eigenvalue weighted by Crippen LogP contribution is -2.67. The molecule has 0 saturated carbocycles. The Kier molecular flexibility index (Phi) is 10.5. The highest BCUT2D eigenvalue weighted by Gasteiger charge is 2.52. The van der Waals surface area contributed by atoms with Crippen LogP contribution in [-0.2, 0) is 23.9 Å². The van der Waals surface area contributed by atoms with Crippen molar-refractivity contribution in [2.24, 2.45) is 0 Å². The van der Waals surface area contributed by atoms with Gasteiger partial charge in [0, 0.05) is 37.5 Å². The van der Waals surface area contributed by atoms with Crippen molar-refractivity contribution < 1.29 is 38.5 Å². The van der Waals surface area contributed by atoms with Gasteiger partial charge in [-0.05, 0) is 40.2 Å². The molecule has 204 valence electrons. The Bertz CT molecular complexity index is 945. The maximum atomic E-state index is 13.2. The zero-order valence-corrected chi connectivity index (χ0v) is 22.1. The summed E-state index contributed by atoms with van der Waals surface area (Å²) >= 11 is 0. The van der Waals surface area contributed by atoms with Crippen molar-refractivity contribution in [3.8, 4) is 0 Å². The molecule has 15 heteroatoms. The molecule has 3 N–H and O–H groups in total. The zero-order valence-electron chi connectivity index (χ0n) is 22.1. The van der Waals surface area contributed by atoms with Gasteiger partial charge in [-0.25, -0.2) is 9.59 Å². The molecule has 0 aromatic rings. The number of allylic oxidation sites excluding steroid dienone is 1. The van der Waals surface area contributed by atoms with Crippen LogP contribution in [0.2, 0.25) is 0 Å². The third-order valence-corrected chi connectivity index (χ3v) is 4.96. The van der Waals surface area contributed by atoms with Crippen LogP contribution in [-0.4, -0.2) is 69.6 Å². The fourth-order valence-corrected chi connectivity index (χ4v) is 2.67. The number of alkyl carbamates (subject to hydrolysis) is 1. The van der Waals surface area contributed by atoms with E-state index in [0.717, 1.165) is 34.8 Å². The fourth-order valence-electron chi connectivity index (χ4n) is 2.67. The minimum Gasteiger partial charge on any atom is -0.464 e. The van der Waals surface area contributed by atoms with E-state index in [9.17, 15) is 39.4 Å². The van der Waals surface area contributed by atoms with E-state index in [4.69, 9.17) is 4.74 Å². The first-order valence-corrected chi connectivity index (χ1v) is 10.7. The second kappa shape index (κ2) is 11.8. The summed E-state index contributed by atoms with van der Waals surface area (Å²) in [6.07, 6.45) is -1.16. The Morgan fingerprint density at radius 2 is 1.19 bits per heavy atom. The maximum Gasteiger partial charge on any atom is 0.408 e. The van der Waals surface area contributed by atoms with Gasteiger partial charge >= 0.3 is 12.1 Å². The van der Waals surface area contributed by atoms with Gasteiger partial charge in [0.05, 0.1) is 7.11 Å². The summed E-state index contributed by atoms with van der Waals surface area (Å²) < 4.78 is 9.66. The number of nitrogens with one attached hydrogen (secondary N) is 3. The Morgan fingerprint density at radius 1 is 0.778 bits per heavy atom. The molecule has 0 spiro atoms. The number of nitro groups is 2. The van der Waals surface area contributed by atoms with Crippen molar-refractivity contribution in [1.82, 2.24) is 16.0 Å². The summed E-state index contributed by atoms with van der Waals surface area (Å²) in [4.78, 5) is 72.3. The van der Waals surface area contributed by atoms with Crippen LogP contribution in [0.4, 0.5) is 4.79 Å². The van der Waals surface area contributed by atoms with Crippen LogP contribution in [0.5, 0.6) is 0 Å². The van der Waals surface area contributed by atoms with Crippen molar-refractivity contribution in [2.45, 2.75) is 91.1 Å². The molecule has 0 heterocycles. The summed E-state index contributed by atoms with van der Waals surface area (Å²) in [5.41, 5.74) is -5.29. The van der Waals surface area contributed by atoms with E-state index in [0.29, 0.717) is 5.57 Å². The molecule has 3 amide bonds. The summed E-state index contributed by atoms with van der Waals surface area (Å²) in [5.74, 6) is -3.37. The van der Waals surface area contributed by atoms with E-state index >= 15 is 0 Å². The Labute approximate surface area is 208 Å². The van der Waals surface area contributed by atoms with Crippen LogP contribution in [0.15, 0.2) is 11.3 Å². The molecule has 0 aromatic heterocycles. The molecular formula is C21H35N5O10. The number of carbonyl (C=O) groups is 4. The number of methoxy groups -OCH3 is 1. The van der Waals surface area contributed by atoms with Gasteiger partial charge in [0.1, 0.15) is 11.3 Å². The first-order valence-electron chi connectivity index (χ1n) is 10.7. The van der Waals surface area contributed by atoms with Crippen LogP contribution in [0.25, 0.3) is 0 Å². The topological polar surface area (TPSA) is 209 Å². The lowest BCUT2D eigenvalue weighted by molar-refractivity contribution is -0.564. The molecule has 0 unspecified atom stereocenters. The van der Waals surface area contributed by atoms with Gasteiger partial charge in [-0.1, -0.05) is 0 Å². The molecule has 2 atom stereocenters. The van der Waals surface area contributed by atoms with Crippen LogP contribution in [0.3, 0.4) is 0 Å². The molecular weight excluding hydrogens is 482 g/mol. The van der Waals surface area contributed by atoms with Crippen LogP contribution in [0.1, 0.15) is 62.3 Å². The molecule has 0 aliphatic heterocycles. The first-order chi connectivity index (χ1) is 16.1. The highest BCUT2D eigenvalue weighted by molar-refractivity contribution is 5.98. The largest absolute Gasteiger partial charge is 0.464 e. The average molecular weight is 518 g/mol. The molecule has 36 heavy (non-hydrogen) atoms. The minimum absolute atomic E-state index is 0.304. The van der Waals surface area contributed by atoms with Crippen LogP contribution >= 0.6 is 0 Å². The van der Waals surface area contributed by atoms with Gasteiger partial charge in [-0.15, -0.1) is 0 Å². The van der Waals surface area contributed by atoms with E-state index in [2.05, 4.69) is 20.7 Å². The van der Waals surface area contributed by atoms with Gasteiger partial charge in [-0.3, -0.25) is 29.8 Å². The third-order valence-electron chi connectivity index (χ3n) is 4.96. The van der Waals surface area contributed by atoms with Crippen LogP contribution in [0, 0.1) is 20.2 Å². The van der Waals surface area contributed by atoms with Crippen molar-refractivity contribution >= 4 is 23.9 Å². The monoisotopic (exact) mass is 517 g/mol. The van der Waals surface area contributed by atoms with E-state index in [1.807, 2.05) is 0 Å². The van der Waals surface area contributed by atoms with Gasteiger partial charge < -0.3 is 25.4 Å². The number of hydrogen-bond acceptors (Lipinski definition) is 10. The van der Waals surface area contributed by atoms with Crippen molar-refractivity contribution in [3.63, 3.8) is 0 Å². The second-order valence-electron chi connectivity index (χ2n) is 10.2. The number of rotatable bonds is 10. The Hall–Kier alpha value is -3.78. The fraction of sp³-hybridized carbons (Fsp3) is 0.714. The molecule has 0 aromatic carbocycles. The van der Waals surface area contributed by atoms with Gasteiger partial charge in [0.15, 0.2) is 12.1 Å². The standard InChI is InChI=1S/C21H35N5O10/c1-11(2)12(17(29)35-10)22-15(27)13(20(6,7)25(31)32)23-16(28)14(21(8,9)26(33)34)24-18(30)36-19(3,4)5/h13-14H,1-10H3,(H,22,27)(H,23,28)(H,24,30)/t13-,14-/m1/s1. The number of amides is 3. The smallest absolute Gasteiger partial charge is 0.408 e. The molecule has 0 fully saturated rings. The molecule has 0 saturated heterocycles. The number of ether oxygens (including phenoxy) is 2. The van der Waals surface area contributed by atoms with E-state index in [-0.39, 0.29) is 5.70 Å². The van der Waals surface area contributed by atoms with E-state index in [1.165, 1.54) is 34.6 Å². The van der Waals surface area contributed by atoms with E-state index < -0.39 is 62.5 Å². The Morgan fingerprint density at radius 3 is 1.53 bits per heavy atom. The highest BCUT2D eigenvalue weighted by atomic mass is 16.6. The summed E-state index contributed by atoms with van der Waals surface area (Å²) in [6, 6.07) is -3.85. The maximum absolute atomic E-state index is 13.2. The Balaban J connectivity index is 6.42. The first kappa shape index (κ1) is 32.2. The lowest BCUT2D eigenvalue weighted by Gasteiger charge is -2.31. The van der Waals surface area contributed by atoms with Gasteiger partial charge in [0.25, 0.3) is 11.8 Å². The SMILES string of the molecule is COC(=O)C(NC(=O)[C@@H](NC(=O)[C@@H](NC(=O)OC(C)(C)C)C(C)(C)[N+](=O)[O-])C(C)(C)[N+](=O)[O-])=C(C)C. The summed E-state index contributed by atoms with van der Waals surface area (Å²) in [7, 11) is 1.06. The molecule has 0 rings (SSSR count). The molecule has 0 aliphatic carbocycles. The number of carbonyl (C=O) groups excluding carboxylic acids is 4. The molecule has 0 bridgehead atoms. The van der Waals surface area contributed by atoms with Crippen molar-refractivity contribution in [3.05, 3.63) is 31.5 Å². The number of nitrogens with zero attached hydrogens (tertiary/aromatic N) is 2. The lowest BCUT2D eigenvalue weighted by atomic mass is 9.91. The zero-order chi connectivity index (χ0) is 28.8. The van der Waals surface area contributed by atoms with Crippen LogP contribution < -0.4 is 16.0 Å². The molecule has 0 aliphatic rings. The molecule has 0 radical (unpaired) electrons. The summed E-state index contributed by atoms with van der Waals surface area (Å²) in [5, 5.41) is 29.9. The van der Waals surface area contributed by atoms with Gasteiger partial charge in [0.2, 0.25) is 11.1 Å². The highest BCUT2D eigenvalue weighted by Crippen LogP contribution is 2.19. The average Bonchev–Trinajstić information content (AvgIpc) is 2.71. The predicted molar refractivity (Wildman–Crippen MR) is 126 cm³/mol. The third kappa shape index (κ3) is 8.46. The van der Waals surface area contributed by atoms with Gasteiger partial charge in [-0.2, -0.15) is 0 Å². The second-order valence-corrected chi connectivity index (χ2v) is 10.2. The number of esters is 1. The van der Waals surface area contributed by atoms with E-state index in [1.54, 1.807) is 0 Å². The normalized spacial score (nSPS) is 13.4. The number of hydrogen-bond donors (Lipinski definition) is 3. The quantitative estimate of drug-likeness (QED) is 0.162. The minimum atomic E-state index is -2.15. The predicted octanol–water partition coefficient (Wildman–Crippen LogP) is 1.06. The summed E-state index contributed by atoms with van der Waals surface area (Å²) in [6.45, 7) is 11.7.